The molecule has 0 aliphatic carbocycles. The van der Waals surface area contributed by atoms with Gasteiger partial charge in [0, 0.05) is 34.9 Å². The summed E-state index contributed by atoms with van der Waals surface area (Å²) in [4.78, 5) is 2.38. The number of nitrogens with one attached hydrogen (secondary N) is 1. The molecule has 1 aliphatic heterocycles. The number of hydrogen-bond acceptors (Lipinski definition) is 2. The number of rotatable bonds is 1. The smallest absolute Gasteiger partial charge is 0.0441 e. The van der Waals surface area contributed by atoms with Crippen LogP contribution in [-0.4, -0.2) is 25.7 Å². The van der Waals surface area contributed by atoms with Gasteiger partial charge in [0.15, 0.2) is 0 Å². The molecular weight excluding hydrogens is 279 g/mol. The first-order valence-electron chi connectivity index (χ1n) is 6.81. The summed E-state index contributed by atoms with van der Waals surface area (Å²) in [6, 6.07) is 6.24. The van der Waals surface area contributed by atoms with Crippen LogP contribution in [0.15, 0.2) is 18.2 Å². The van der Waals surface area contributed by atoms with E-state index in [1.807, 2.05) is 12.1 Å². The third kappa shape index (κ3) is 4.01. The largest absolute Gasteiger partial charge is 0.370 e. The second-order valence-electron chi connectivity index (χ2n) is 6.30. The highest BCUT2D eigenvalue weighted by Gasteiger charge is 2.28. The van der Waals surface area contributed by atoms with Crippen molar-refractivity contribution in [3.8, 4) is 0 Å². The number of nitrogens with zero attached hydrogens (tertiary/aromatic N) is 1. The standard InChI is InChI=1S/C15H22Cl2N2/c1-15(2,3)14-10-19(6-4-5-18-14)13-8-11(16)7-12(17)9-13/h7-9,14,18H,4-6,10H2,1-3H3. The highest BCUT2D eigenvalue weighted by Crippen LogP contribution is 2.28. The number of anilines is 1. The monoisotopic (exact) mass is 300 g/mol. The Bertz CT molecular complexity index is 420. The van der Waals surface area contributed by atoms with E-state index >= 15 is 0 Å². The van der Waals surface area contributed by atoms with Gasteiger partial charge in [-0.05, 0) is 36.6 Å². The predicted molar refractivity (Wildman–Crippen MR) is 84.5 cm³/mol. The average molecular weight is 301 g/mol. The number of halogens is 2. The Kier molecular flexibility index (Phi) is 4.65. The van der Waals surface area contributed by atoms with E-state index in [0.717, 1.165) is 31.7 Å². The van der Waals surface area contributed by atoms with Crippen molar-refractivity contribution in [3.63, 3.8) is 0 Å². The summed E-state index contributed by atoms with van der Waals surface area (Å²) in [6.45, 7) is 9.92. The minimum Gasteiger partial charge on any atom is -0.370 e. The van der Waals surface area contributed by atoms with Gasteiger partial charge < -0.3 is 10.2 Å². The van der Waals surface area contributed by atoms with Crippen molar-refractivity contribution in [1.82, 2.24) is 5.32 Å². The molecule has 1 unspecified atom stereocenters. The van der Waals surface area contributed by atoms with Crippen LogP contribution in [0.1, 0.15) is 27.2 Å². The summed E-state index contributed by atoms with van der Waals surface area (Å²) >= 11 is 12.2. The van der Waals surface area contributed by atoms with E-state index in [2.05, 4.69) is 31.0 Å². The summed E-state index contributed by atoms with van der Waals surface area (Å²) in [5, 5.41) is 5.04. The van der Waals surface area contributed by atoms with Gasteiger partial charge in [-0.25, -0.2) is 0 Å². The van der Waals surface area contributed by atoms with E-state index in [-0.39, 0.29) is 5.41 Å². The van der Waals surface area contributed by atoms with Crippen molar-refractivity contribution in [2.45, 2.75) is 33.2 Å². The fourth-order valence-electron chi connectivity index (χ4n) is 2.46. The maximum absolute atomic E-state index is 6.11. The van der Waals surface area contributed by atoms with Gasteiger partial charge in [0.2, 0.25) is 0 Å². The minimum atomic E-state index is 0.241. The molecule has 2 rings (SSSR count). The van der Waals surface area contributed by atoms with Crippen LogP contribution in [0.2, 0.25) is 10.0 Å². The quantitative estimate of drug-likeness (QED) is 0.836. The first-order valence-corrected chi connectivity index (χ1v) is 7.56. The van der Waals surface area contributed by atoms with Crippen molar-refractivity contribution in [2.75, 3.05) is 24.5 Å². The second-order valence-corrected chi connectivity index (χ2v) is 7.17. The molecule has 2 nitrogen and oxygen atoms in total. The van der Waals surface area contributed by atoms with Crippen LogP contribution in [0.4, 0.5) is 5.69 Å². The summed E-state index contributed by atoms with van der Waals surface area (Å²) in [5.41, 5.74) is 1.36. The minimum absolute atomic E-state index is 0.241. The topological polar surface area (TPSA) is 15.3 Å². The summed E-state index contributed by atoms with van der Waals surface area (Å²) in [7, 11) is 0. The predicted octanol–water partition coefficient (Wildman–Crippen LogP) is 4.21. The zero-order chi connectivity index (χ0) is 14.0. The second kappa shape index (κ2) is 5.90. The fourth-order valence-corrected chi connectivity index (χ4v) is 2.97. The van der Waals surface area contributed by atoms with E-state index < -0.39 is 0 Å². The molecule has 1 fully saturated rings. The molecule has 1 saturated heterocycles. The molecule has 0 amide bonds. The van der Waals surface area contributed by atoms with Crippen LogP contribution in [0, 0.1) is 5.41 Å². The van der Waals surface area contributed by atoms with E-state index in [9.17, 15) is 0 Å². The maximum Gasteiger partial charge on any atom is 0.0441 e. The van der Waals surface area contributed by atoms with E-state index in [1.54, 1.807) is 6.07 Å². The molecular formula is C15H22Cl2N2. The van der Waals surface area contributed by atoms with Crippen molar-refractivity contribution in [2.24, 2.45) is 5.41 Å². The maximum atomic E-state index is 6.11. The molecule has 4 heteroatoms. The highest BCUT2D eigenvalue weighted by atomic mass is 35.5. The van der Waals surface area contributed by atoms with E-state index in [4.69, 9.17) is 23.2 Å². The fraction of sp³-hybridized carbons (Fsp3) is 0.600. The number of hydrogen-bond donors (Lipinski definition) is 1. The molecule has 1 aliphatic rings. The lowest BCUT2D eigenvalue weighted by atomic mass is 9.86. The van der Waals surface area contributed by atoms with E-state index in [0.29, 0.717) is 16.1 Å². The summed E-state index contributed by atoms with van der Waals surface area (Å²) in [5.74, 6) is 0. The molecule has 1 N–H and O–H groups in total. The molecule has 1 aromatic rings. The van der Waals surface area contributed by atoms with Crippen molar-refractivity contribution in [3.05, 3.63) is 28.2 Å². The van der Waals surface area contributed by atoms with Gasteiger partial charge in [0.25, 0.3) is 0 Å². The molecule has 1 heterocycles. The lowest BCUT2D eigenvalue weighted by molar-refractivity contribution is 0.280. The van der Waals surface area contributed by atoms with Crippen LogP contribution in [-0.2, 0) is 0 Å². The zero-order valence-corrected chi connectivity index (χ0v) is 13.4. The Morgan fingerprint density at radius 1 is 1.16 bits per heavy atom. The van der Waals surface area contributed by atoms with Crippen LogP contribution in [0.5, 0.6) is 0 Å². The lowest BCUT2D eigenvalue weighted by Gasteiger charge is -2.34. The molecule has 1 aromatic carbocycles. The molecule has 19 heavy (non-hydrogen) atoms. The van der Waals surface area contributed by atoms with Crippen LogP contribution >= 0.6 is 23.2 Å². The van der Waals surface area contributed by atoms with Crippen molar-refractivity contribution < 1.29 is 0 Å². The van der Waals surface area contributed by atoms with Crippen molar-refractivity contribution >= 4 is 28.9 Å². The van der Waals surface area contributed by atoms with Gasteiger partial charge >= 0.3 is 0 Å². The van der Waals surface area contributed by atoms with Gasteiger partial charge in [-0.2, -0.15) is 0 Å². The van der Waals surface area contributed by atoms with Gasteiger partial charge in [-0.1, -0.05) is 44.0 Å². The molecule has 0 aromatic heterocycles. The van der Waals surface area contributed by atoms with E-state index in [1.165, 1.54) is 0 Å². The Balaban J connectivity index is 2.22. The highest BCUT2D eigenvalue weighted by molar-refractivity contribution is 6.35. The first-order chi connectivity index (χ1) is 8.86. The third-order valence-electron chi connectivity index (χ3n) is 3.66. The average Bonchev–Trinajstić information content (AvgIpc) is 2.52. The molecule has 0 bridgehead atoms. The Morgan fingerprint density at radius 3 is 2.37 bits per heavy atom. The molecule has 0 radical (unpaired) electrons. The molecule has 0 saturated carbocycles. The van der Waals surface area contributed by atoms with Gasteiger partial charge in [0.1, 0.15) is 0 Å². The van der Waals surface area contributed by atoms with Gasteiger partial charge in [-0.15, -0.1) is 0 Å². The molecule has 106 valence electrons. The van der Waals surface area contributed by atoms with Crippen LogP contribution in [0.3, 0.4) is 0 Å². The Labute approximate surface area is 126 Å². The molecule has 0 spiro atoms. The molecule has 1 atom stereocenters. The summed E-state index contributed by atoms with van der Waals surface area (Å²) < 4.78 is 0. The van der Waals surface area contributed by atoms with Crippen LogP contribution < -0.4 is 10.2 Å². The SMILES string of the molecule is CC(C)(C)C1CN(c2cc(Cl)cc(Cl)c2)CCCN1. The zero-order valence-electron chi connectivity index (χ0n) is 11.8. The van der Waals surface area contributed by atoms with Gasteiger partial charge in [0.05, 0.1) is 0 Å². The van der Waals surface area contributed by atoms with Crippen LogP contribution in [0.25, 0.3) is 0 Å². The Morgan fingerprint density at radius 2 is 1.79 bits per heavy atom. The lowest BCUT2D eigenvalue weighted by Crippen LogP contribution is -2.46. The third-order valence-corrected chi connectivity index (χ3v) is 4.09. The van der Waals surface area contributed by atoms with Crippen molar-refractivity contribution in [1.29, 1.82) is 0 Å². The number of benzene rings is 1. The first kappa shape index (κ1) is 15.0. The Hall–Kier alpha value is -0.440. The normalized spacial score (nSPS) is 21.3. The van der Waals surface area contributed by atoms with Gasteiger partial charge in [-0.3, -0.25) is 0 Å². The summed E-state index contributed by atoms with van der Waals surface area (Å²) in [6.07, 6.45) is 1.14.